The largest absolute Gasteiger partial charge is 0.0622 e. The predicted octanol–water partition coefficient (Wildman–Crippen LogP) is 7.59. The second-order valence-electron chi connectivity index (χ2n) is 6.98. The third-order valence-electron chi connectivity index (χ3n) is 5.31. The fourth-order valence-corrected chi connectivity index (χ4v) is 4.00. The van der Waals surface area contributed by atoms with Crippen LogP contribution in [0.15, 0.2) is 121 Å². The molecule has 0 unspecified atom stereocenters. The van der Waals surface area contributed by atoms with Gasteiger partial charge in [-0.25, -0.2) is 0 Å². The lowest BCUT2D eigenvalue weighted by molar-refractivity contribution is 1.63. The summed E-state index contributed by atoms with van der Waals surface area (Å²) in [7, 11) is 0. The van der Waals surface area contributed by atoms with Crippen molar-refractivity contribution in [3.05, 3.63) is 133 Å². The van der Waals surface area contributed by atoms with E-state index in [9.17, 15) is 0 Å². The van der Waals surface area contributed by atoms with Gasteiger partial charge in [0, 0.05) is 0 Å². The molecule has 0 nitrogen and oxygen atoms in total. The third kappa shape index (κ3) is 2.90. The van der Waals surface area contributed by atoms with Gasteiger partial charge in [0.05, 0.1) is 0 Å². The summed E-state index contributed by atoms with van der Waals surface area (Å²) < 4.78 is 0. The average Bonchev–Trinajstić information content (AvgIpc) is 2.73. The molecule has 4 aromatic rings. The van der Waals surface area contributed by atoms with Gasteiger partial charge in [-0.15, -0.1) is 0 Å². The molecule has 0 N–H and O–H groups in total. The molecule has 0 fully saturated rings. The number of rotatable bonds is 2. The first-order chi connectivity index (χ1) is 13.9. The SMILES string of the molecule is C1=C\C=C/C(c2cccc3ccccc23)=C(c2cccc3ccccc23)\C=C/1. The van der Waals surface area contributed by atoms with Crippen LogP contribution in [0.3, 0.4) is 0 Å². The zero-order valence-corrected chi connectivity index (χ0v) is 15.5. The van der Waals surface area contributed by atoms with Gasteiger partial charge < -0.3 is 0 Å². The van der Waals surface area contributed by atoms with Crippen molar-refractivity contribution < 1.29 is 0 Å². The summed E-state index contributed by atoms with van der Waals surface area (Å²) in [6.45, 7) is 0. The normalized spacial score (nSPS) is 19.9. The minimum Gasteiger partial charge on any atom is -0.0622 e. The van der Waals surface area contributed by atoms with Gasteiger partial charge >= 0.3 is 0 Å². The summed E-state index contributed by atoms with van der Waals surface area (Å²) >= 11 is 0. The molecular weight excluding hydrogens is 336 g/mol. The molecule has 0 aliphatic heterocycles. The smallest absolute Gasteiger partial charge is 0.00990 e. The molecule has 1 aliphatic rings. The highest BCUT2D eigenvalue weighted by Crippen LogP contribution is 2.36. The van der Waals surface area contributed by atoms with Crippen LogP contribution in [0.1, 0.15) is 11.1 Å². The summed E-state index contributed by atoms with van der Waals surface area (Å²) in [5.41, 5.74) is 5.01. The number of allylic oxidation sites excluding steroid dienone is 8. The Morgan fingerprint density at radius 1 is 0.357 bits per heavy atom. The van der Waals surface area contributed by atoms with Crippen LogP contribution in [0.2, 0.25) is 0 Å². The van der Waals surface area contributed by atoms with E-state index >= 15 is 0 Å². The van der Waals surface area contributed by atoms with E-state index in [1.54, 1.807) is 0 Å². The topological polar surface area (TPSA) is 0 Å². The van der Waals surface area contributed by atoms with Crippen LogP contribution in [0.5, 0.6) is 0 Å². The Morgan fingerprint density at radius 3 is 1.29 bits per heavy atom. The standard InChI is InChI=1S/C28H20/c1-2-4-18-28(26-20-10-14-22-12-6-8-16-24(22)26)27(17-3-1)25-19-9-13-21-11-5-7-15-23(21)25/h1-20H/b2-1-,3-1?,4-2?,17-3-,18-4-,27-17?,28-18?,28-27-. The Balaban J connectivity index is 1.87. The molecule has 0 saturated heterocycles. The Labute approximate surface area is 165 Å². The summed E-state index contributed by atoms with van der Waals surface area (Å²) in [6, 6.07) is 30.3. The van der Waals surface area contributed by atoms with Crippen LogP contribution in [0, 0.1) is 0 Å². The molecule has 0 aromatic heterocycles. The fourth-order valence-electron chi connectivity index (χ4n) is 4.00. The molecule has 0 bridgehead atoms. The second kappa shape index (κ2) is 7.17. The minimum absolute atomic E-state index is 1.24. The molecule has 132 valence electrons. The van der Waals surface area contributed by atoms with E-state index in [1.165, 1.54) is 43.8 Å². The van der Waals surface area contributed by atoms with Gasteiger partial charge in [0.2, 0.25) is 0 Å². The lowest BCUT2D eigenvalue weighted by Gasteiger charge is -2.16. The highest BCUT2D eigenvalue weighted by Gasteiger charge is 2.13. The molecular formula is C28H20. The number of benzene rings is 4. The molecule has 0 amide bonds. The minimum atomic E-state index is 1.24. The summed E-state index contributed by atoms with van der Waals surface area (Å²) in [4.78, 5) is 0. The summed E-state index contributed by atoms with van der Waals surface area (Å²) in [5.74, 6) is 0. The molecule has 5 rings (SSSR count). The second-order valence-corrected chi connectivity index (χ2v) is 6.98. The van der Waals surface area contributed by atoms with Crippen molar-refractivity contribution in [3.8, 4) is 0 Å². The van der Waals surface area contributed by atoms with Crippen molar-refractivity contribution in [2.24, 2.45) is 0 Å². The quantitative estimate of drug-likeness (QED) is 0.347. The highest BCUT2D eigenvalue weighted by molar-refractivity contribution is 6.10. The summed E-state index contributed by atoms with van der Waals surface area (Å²) in [5, 5.41) is 5.08. The monoisotopic (exact) mass is 356 g/mol. The molecule has 4 aromatic carbocycles. The maximum Gasteiger partial charge on any atom is -0.00990 e. The molecule has 0 spiro atoms. The summed E-state index contributed by atoms with van der Waals surface area (Å²) in [6.07, 6.45) is 12.9. The van der Waals surface area contributed by atoms with Crippen molar-refractivity contribution >= 4 is 32.7 Å². The van der Waals surface area contributed by atoms with Crippen molar-refractivity contribution in [1.82, 2.24) is 0 Å². The highest BCUT2D eigenvalue weighted by atomic mass is 14.2. The van der Waals surface area contributed by atoms with E-state index in [0.717, 1.165) is 0 Å². The molecule has 28 heavy (non-hydrogen) atoms. The number of fused-ring (bicyclic) bond motifs is 2. The number of hydrogen-bond acceptors (Lipinski definition) is 0. The average molecular weight is 356 g/mol. The van der Waals surface area contributed by atoms with Gasteiger partial charge in [0.1, 0.15) is 0 Å². The van der Waals surface area contributed by atoms with Gasteiger partial charge in [-0.1, -0.05) is 121 Å². The molecule has 0 atom stereocenters. The predicted molar refractivity (Wildman–Crippen MR) is 122 cm³/mol. The van der Waals surface area contributed by atoms with Crippen LogP contribution in [0.4, 0.5) is 0 Å². The molecule has 0 heteroatoms. The van der Waals surface area contributed by atoms with Gasteiger partial charge in [0.25, 0.3) is 0 Å². The zero-order valence-electron chi connectivity index (χ0n) is 15.5. The lowest BCUT2D eigenvalue weighted by atomic mass is 9.88. The maximum absolute atomic E-state index is 2.24. The first kappa shape index (κ1) is 16.5. The van der Waals surface area contributed by atoms with Crippen LogP contribution in [-0.4, -0.2) is 0 Å². The van der Waals surface area contributed by atoms with Crippen molar-refractivity contribution in [3.63, 3.8) is 0 Å². The van der Waals surface area contributed by atoms with Crippen molar-refractivity contribution in [2.45, 2.75) is 0 Å². The van der Waals surface area contributed by atoms with Gasteiger partial charge in [-0.05, 0) is 43.8 Å². The molecule has 1 aliphatic carbocycles. The van der Waals surface area contributed by atoms with E-state index < -0.39 is 0 Å². The number of hydrogen-bond donors (Lipinski definition) is 0. The maximum atomic E-state index is 2.24. The van der Waals surface area contributed by atoms with Crippen LogP contribution in [0.25, 0.3) is 32.7 Å². The molecule has 0 heterocycles. The Morgan fingerprint density at radius 2 is 0.786 bits per heavy atom. The Kier molecular flexibility index (Phi) is 4.23. The third-order valence-corrected chi connectivity index (χ3v) is 5.31. The Hall–Kier alpha value is -3.64. The van der Waals surface area contributed by atoms with Crippen LogP contribution in [-0.2, 0) is 0 Å². The first-order valence-corrected chi connectivity index (χ1v) is 9.64. The van der Waals surface area contributed by atoms with E-state index in [-0.39, 0.29) is 0 Å². The van der Waals surface area contributed by atoms with E-state index in [4.69, 9.17) is 0 Å². The zero-order chi connectivity index (χ0) is 18.8. The van der Waals surface area contributed by atoms with Crippen molar-refractivity contribution in [1.29, 1.82) is 0 Å². The van der Waals surface area contributed by atoms with E-state index in [1.807, 2.05) is 0 Å². The van der Waals surface area contributed by atoms with Crippen molar-refractivity contribution in [2.75, 3.05) is 0 Å². The van der Waals surface area contributed by atoms with Crippen LogP contribution >= 0.6 is 0 Å². The van der Waals surface area contributed by atoms with Gasteiger partial charge in [0.15, 0.2) is 0 Å². The first-order valence-electron chi connectivity index (χ1n) is 9.64. The molecule has 0 radical (unpaired) electrons. The fraction of sp³-hybridized carbons (Fsp3) is 0. The van der Waals surface area contributed by atoms with Gasteiger partial charge in [-0.3, -0.25) is 0 Å². The van der Waals surface area contributed by atoms with Gasteiger partial charge in [-0.2, -0.15) is 0 Å². The van der Waals surface area contributed by atoms with E-state index in [0.29, 0.717) is 0 Å². The molecule has 0 saturated carbocycles. The van der Waals surface area contributed by atoms with E-state index in [2.05, 4.69) is 121 Å². The Bertz CT molecular complexity index is 1180. The lowest BCUT2D eigenvalue weighted by Crippen LogP contribution is -1.92. The van der Waals surface area contributed by atoms with Crippen LogP contribution < -0.4 is 0 Å².